The van der Waals surface area contributed by atoms with Gasteiger partial charge >= 0.3 is 5.97 Å². The van der Waals surface area contributed by atoms with Crippen LogP contribution in [0, 0.1) is 0 Å². The molecule has 0 aromatic carbocycles. The maximum atomic E-state index is 10.9. The molecule has 0 spiro atoms. The Morgan fingerprint density at radius 1 is 1.46 bits per heavy atom. The normalized spacial score (nSPS) is 11.4. The van der Waals surface area contributed by atoms with Crippen molar-refractivity contribution in [2.75, 3.05) is 27.3 Å². The van der Waals surface area contributed by atoms with Crippen LogP contribution >= 0.6 is 0 Å². The van der Waals surface area contributed by atoms with Gasteiger partial charge in [-0.3, -0.25) is 4.79 Å². The van der Waals surface area contributed by atoms with Crippen LogP contribution in [0.5, 0.6) is 0 Å². The van der Waals surface area contributed by atoms with Gasteiger partial charge in [0.15, 0.2) is 0 Å². The largest absolute Gasteiger partial charge is 0.465 e. The van der Waals surface area contributed by atoms with E-state index in [1.54, 1.807) is 14.2 Å². The van der Waals surface area contributed by atoms with Gasteiger partial charge in [-0.05, 0) is 20.9 Å². The molecule has 4 heteroatoms. The summed E-state index contributed by atoms with van der Waals surface area (Å²) in [4.78, 5) is 10.9. The number of hydrogen-bond acceptors (Lipinski definition) is 4. The van der Waals surface area contributed by atoms with Crippen molar-refractivity contribution in [3.05, 3.63) is 0 Å². The zero-order chi connectivity index (χ0) is 10.3. The highest BCUT2D eigenvalue weighted by atomic mass is 16.5. The average Bonchev–Trinajstić information content (AvgIpc) is 2.05. The number of hydrogen-bond donors (Lipinski definition) is 1. The van der Waals surface area contributed by atoms with E-state index < -0.39 is 0 Å². The SMILES string of the molecule is CNCC(=O)OCCC(C)(C)OC. The molecule has 0 aromatic rings. The van der Waals surface area contributed by atoms with Crippen molar-refractivity contribution in [2.24, 2.45) is 0 Å². The van der Waals surface area contributed by atoms with Crippen LogP contribution < -0.4 is 5.32 Å². The minimum absolute atomic E-state index is 0.222. The molecule has 0 saturated heterocycles. The van der Waals surface area contributed by atoms with E-state index in [1.165, 1.54) is 0 Å². The van der Waals surface area contributed by atoms with E-state index >= 15 is 0 Å². The molecule has 0 radical (unpaired) electrons. The molecule has 0 aromatic heterocycles. The second-order valence-electron chi connectivity index (χ2n) is 3.46. The quantitative estimate of drug-likeness (QED) is 0.620. The van der Waals surface area contributed by atoms with Crippen molar-refractivity contribution in [3.8, 4) is 0 Å². The summed E-state index contributed by atoms with van der Waals surface area (Å²) in [6.45, 7) is 4.58. The fraction of sp³-hybridized carbons (Fsp3) is 0.889. The van der Waals surface area contributed by atoms with Crippen LogP contribution in [0.25, 0.3) is 0 Å². The summed E-state index contributed by atoms with van der Waals surface area (Å²) in [5, 5.41) is 2.72. The van der Waals surface area contributed by atoms with Crippen molar-refractivity contribution in [1.82, 2.24) is 5.32 Å². The lowest BCUT2D eigenvalue weighted by molar-refractivity contribution is -0.143. The smallest absolute Gasteiger partial charge is 0.319 e. The number of nitrogens with one attached hydrogen (secondary N) is 1. The minimum atomic E-state index is -0.227. The Morgan fingerprint density at radius 3 is 2.54 bits per heavy atom. The molecular formula is C9H19NO3. The number of likely N-dealkylation sites (N-methyl/N-ethyl adjacent to an activating group) is 1. The fourth-order valence-corrected chi connectivity index (χ4v) is 0.708. The van der Waals surface area contributed by atoms with E-state index in [2.05, 4.69) is 5.32 Å². The van der Waals surface area contributed by atoms with Gasteiger partial charge in [-0.15, -0.1) is 0 Å². The van der Waals surface area contributed by atoms with Gasteiger partial charge < -0.3 is 14.8 Å². The first kappa shape index (κ1) is 12.4. The van der Waals surface area contributed by atoms with Gasteiger partial charge in [0.05, 0.1) is 18.8 Å². The first-order valence-corrected chi connectivity index (χ1v) is 4.37. The van der Waals surface area contributed by atoms with E-state index in [0.29, 0.717) is 13.0 Å². The summed E-state index contributed by atoms with van der Waals surface area (Å²) in [6, 6.07) is 0. The average molecular weight is 189 g/mol. The maximum absolute atomic E-state index is 10.9. The van der Waals surface area contributed by atoms with Crippen LogP contribution in [-0.4, -0.2) is 38.9 Å². The van der Waals surface area contributed by atoms with Gasteiger partial charge in [0.2, 0.25) is 0 Å². The molecule has 4 nitrogen and oxygen atoms in total. The maximum Gasteiger partial charge on any atom is 0.319 e. The molecule has 78 valence electrons. The molecule has 0 saturated carbocycles. The molecule has 0 rings (SSSR count). The van der Waals surface area contributed by atoms with Crippen molar-refractivity contribution < 1.29 is 14.3 Å². The lowest BCUT2D eigenvalue weighted by Gasteiger charge is -2.22. The summed E-state index contributed by atoms with van der Waals surface area (Å²) in [6.07, 6.45) is 0.707. The number of esters is 1. The molecule has 0 amide bonds. The number of methoxy groups -OCH3 is 1. The van der Waals surface area contributed by atoms with Crippen LogP contribution in [0.2, 0.25) is 0 Å². The van der Waals surface area contributed by atoms with Crippen LogP contribution in [-0.2, 0) is 14.3 Å². The van der Waals surface area contributed by atoms with E-state index in [0.717, 1.165) is 0 Å². The predicted octanol–water partition coefficient (Wildman–Crippen LogP) is 0.564. The van der Waals surface area contributed by atoms with Crippen LogP contribution in [0.15, 0.2) is 0 Å². The zero-order valence-corrected chi connectivity index (χ0v) is 8.85. The Morgan fingerprint density at radius 2 is 2.08 bits per heavy atom. The number of ether oxygens (including phenoxy) is 2. The van der Waals surface area contributed by atoms with Crippen LogP contribution in [0.1, 0.15) is 20.3 Å². The third-order valence-electron chi connectivity index (χ3n) is 1.84. The van der Waals surface area contributed by atoms with Gasteiger partial charge in [-0.25, -0.2) is 0 Å². The second kappa shape index (κ2) is 5.94. The molecule has 0 aliphatic rings. The second-order valence-corrected chi connectivity index (χ2v) is 3.46. The highest BCUT2D eigenvalue weighted by molar-refractivity contribution is 5.71. The summed E-state index contributed by atoms with van der Waals surface area (Å²) in [5.41, 5.74) is -0.222. The van der Waals surface area contributed by atoms with Gasteiger partial charge in [0, 0.05) is 13.5 Å². The third-order valence-corrected chi connectivity index (χ3v) is 1.84. The fourth-order valence-electron chi connectivity index (χ4n) is 0.708. The van der Waals surface area contributed by atoms with E-state index in [1.807, 2.05) is 13.8 Å². The highest BCUT2D eigenvalue weighted by Crippen LogP contribution is 2.12. The first-order valence-electron chi connectivity index (χ1n) is 4.37. The Bertz CT molecular complexity index is 157. The molecule has 0 bridgehead atoms. The van der Waals surface area contributed by atoms with Gasteiger partial charge in [-0.2, -0.15) is 0 Å². The summed E-state index contributed by atoms with van der Waals surface area (Å²) in [5.74, 6) is -0.227. The number of carbonyl (C=O) groups is 1. The van der Waals surface area contributed by atoms with Gasteiger partial charge in [0.1, 0.15) is 0 Å². The Kier molecular flexibility index (Phi) is 5.66. The molecule has 0 unspecified atom stereocenters. The molecular weight excluding hydrogens is 170 g/mol. The zero-order valence-electron chi connectivity index (χ0n) is 8.85. The number of rotatable bonds is 6. The van der Waals surface area contributed by atoms with Gasteiger partial charge in [-0.1, -0.05) is 0 Å². The van der Waals surface area contributed by atoms with Crippen molar-refractivity contribution >= 4 is 5.97 Å². The summed E-state index contributed by atoms with van der Waals surface area (Å²) >= 11 is 0. The minimum Gasteiger partial charge on any atom is -0.465 e. The Labute approximate surface area is 79.6 Å². The Balaban J connectivity index is 3.50. The van der Waals surface area contributed by atoms with Crippen molar-refractivity contribution in [1.29, 1.82) is 0 Å². The highest BCUT2D eigenvalue weighted by Gasteiger charge is 2.16. The van der Waals surface area contributed by atoms with E-state index in [-0.39, 0.29) is 18.1 Å². The topological polar surface area (TPSA) is 47.6 Å². The molecule has 0 heterocycles. The summed E-state index contributed by atoms with van der Waals surface area (Å²) < 4.78 is 10.1. The molecule has 0 fully saturated rings. The molecule has 0 aliphatic heterocycles. The van der Waals surface area contributed by atoms with E-state index in [9.17, 15) is 4.79 Å². The summed E-state index contributed by atoms with van der Waals surface area (Å²) in [7, 11) is 3.36. The van der Waals surface area contributed by atoms with Crippen LogP contribution in [0.4, 0.5) is 0 Å². The third kappa shape index (κ3) is 6.54. The van der Waals surface area contributed by atoms with Crippen molar-refractivity contribution in [2.45, 2.75) is 25.9 Å². The predicted molar refractivity (Wildman–Crippen MR) is 50.6 cm³/mol. The number of carbonyl (C=O) groups excluding carboxylic acids is 1. The van der Waals surface area contributed by atoms with Crippen LogP contribution in [0.3, 0.4) is 0 Å². The molecule has 0 atom stereocenters. The molecule has 1 N–H and O–H groups in total. The standard InChI is InChI=1S/C9H19NO3/c1-9(2,12-4)5-6-13-8(11)7-10-3/h10H,5-7H2,1-4H3. The lowest BCUT2D eigenvalue weighted by Crippen LogP contribution is -2.27. The first-order chi connectivity index (χ1) is 6.02. The molecule has 13 heavy (non-hydrogen) atoms. The monoisotopic (exact) mass is 189 g/mol. The molecule has 0 aliphatic carbocycles. The van der Waals surface area contributed by atoms with E-state index in [4.69, 9.17) is 9.47 Å². The van der Waals surface area contributed by atoms with Gasteiger partial charge in [0.25, 0.3) is 0 Å². The lowest BCUT2D eigenvalue weighted by atomic mass is 10.1. The van der Waals surface area contributed by atoms with Crippen molar-refractivity contribution in [3.63, 3.8) is 0 Å². The Hall–Kier alpha value is -0.610.